The van der Waals surface area contributed by atoms with Crippen molar-refractivity contribution >= 4 is 11.9 Å². The smallest absolute Gasteiger partial charge is 0.308 e. The largest absolute Gasteiger partial charge is 0.481 e. The number of carboxylic acid groups (broad SMARTS) is 1. The Morgan fingerprint density at radius 3 is 2.83 bits per heavy atom. The maximum Gasteiger partial charge on any atom is 0.308 e. The van der Waals surface area contributed by atoms with E-state index in [2.05, 4.69) is 0 Å². The number of carbonyl (C=O) groups is 2. The first-order chi connectivity index (χ1) is 5.65. The van der Waals surface area contributed by atoms with Crippen molar-refractivity contribution in [2.75, 3.05) is 19.6 Å². The molecule has 1 amide bonds. The number of carbonyl (C=O) groups excluding carboxylic acids is 1. The van der Waals surface area contributed by atoms with Gasteiger partial charge in [-0.05, 0) is 0 Å². The molecule has 1 rings (SSSR count). The predicted octanol–water partition coefficient (Wildman–Crippen LogP) is -1.12. The monoisotopic (exact) mass is 172 g/mol. The summed E-state index contributed by atoms with van der Waals surface area (Å²) in [6.07, 6.45) is 0.120. The molecule has 5 nitrogen and oxygen atoms in total. The molecule has 68 valence electrons. The predicted molar refractivity (Wildman–Crippen MR) is 41.4 cm³/mol. The Hall–Kier alpha value is -1.10. The highest BCUT2D eigenvalue weighted by Crippen LogP contribution is 2.16. The molecule has 0 aromatic heterocycles. The molecular weight excluding hydrogens is 160 g/mol. The Balaban J connectivity index is 2.50. The third kappa shape index (κ3) is 1.73. The molecule has 0 radical (unpaired) electrons. The van der Waals surface area contributed by atoms with E-state index in [-0.39, 0.29) is 12.3 Å². The normalized spacial score (nSPS) is 23.2. The molecule has 0 saturated carbocycles. The topological polar surface area (TPSA) is 83.6 Å². The summed E-state index contributed by atoms with van der Waals surface area (Å²) in [5.74, 6) is -1.54. The number of likely N-dealkylation sites (tertiary alicyclic amines) is 1. The summed E-state index contributed by atoms with van der Waals surface area (Å²) in [6, 6.07) is 0. The first-order valence-electron chi connectivity index (χ1n) is 3.85. The number of nitrogens with zero attached hydrogens (tertiary/aromatic N) is 1. The number of rotatable bonds is 3. The zero-order valence-corrected chi connectivity index (χ0v) is 6.69. The van der Waals surface area contributed by atoms with Gasteiger partial charge in [0.15, 0.2) is 0 Å². The summed E-state index contributed by atoms with van der Waals surface area (Å²) in [4.78, 5) is 23.1. The second-order valence-electron chi connectivity index (χ2n) is 2.87. The van der Waals surface area contributed by atoms with E-state index in [1.807, 2.05) is 0 Å². The Labute approximate surface area is 70.1 Å². The summed E-state index contributed by atoms with van der Waals surface area (Å²) in [5.41, 5.74) is 5.25. The number of nitrogens with two attached hydrogens (primary N) is 1. The minimum atomic E-state index is -0.900. The van der Waals surface area contributed by atoms with Gasteiger partial charge in [0.05, 0.1) is 5.92 Å². The van der Waals surface area contributed by atoms with Crippen LogP contribution < -0.4 is 5.73 Å². The van der Waals surface area contributed by atoms with E-state index in [1.54, 1.807) is 0 Å². The minimum Gasteiger partial charge on any atom is -0.481 e. The van der Waals surface area contributed by atoms with Crippen LogP contribution in [0.1, 0.15) is 6.42 Å². The maximum absolute atomic E-state index is 11.1. The van der Waals surface area contributed by atoms with Crippen molar-refractivity contribution in [3.05, 3.63) is 0 Å². The number of carboxylic acids is 1. The van der Waals surface area contributed by atoms with Gasteiger partial charge in [-0.2, -0.15) is 0 Å². The average Bonchev–Trinajstić information content (AvgIpc) is 2.34. The van der Waals surface area contributed by atoms with Crippen molar-refractivity contribution in [2.24, 2.45) is 11.7 Å². The SMILES string of the molecule is NCCN1C[C@H](C(=O)O)CC1=O. The molecule has 1 aliphatic rings. The summed E-state index contributed by atoms with van der Waals surface area (Å²) in [7, 11) is 0. The van der Waals surface area contributed by atoms with Crippen LogP contribution in [-0.4, -0.2) is 41.5 Å². The highest BCUT2D eigenvalue weighted by Gasteiger charge is 2.33. The summed E-state index contributed by atoms with van der Waals surface area (Å²) < 4.78 is 0. The van der Waals surface area contributed by atoms with Crippen molar-refractivity contribution in [1.82, 2.24) is 4.90 Å². The van der Waals surface area contributed by atoms with Crippen LogP contribution in [0.25, 0.3) is 0 Å². The molecule has 1 fully saturated rings. The molecule has 1 heterocycles. The molecule has 1 atom stereocenters. The second kappa shape index (κ2) is 3.53. The molecule has 1 aliphatic heterocycles. The quantitative estimate of drug-likeness (QED) is 0.564. The Kier molecular flexibility index (Phi) is 2.65. The molecule has 0 bridgehead atoms. The zero-order valence-electron chi connectivity index (χ0n) is 6.69. The van der Waals surface area contributed by atoms with Crippen molar-refractivity contribution < 1.29 is 14.7 Å². The Bertz CT molecular complexity index is 205. The van der Waals surface area contributed by atoms with E-state index in [4.69, 9.17) is 10.8 Å². The number of amides is 1. The van der Waals surface area contributed by atoms with E-state index >= 15 is 0 Å². The van der Waals surface area contributed by atoms with Crippen LogP contribution in [0.3, 0.4) is 0 Å². The van der Waals surface area contributed by atoms with Crippen LogP contribution in [0.4, 0.5) is 0 Å². The fraction of sp³-hybridized carbons (Fsp3) is 0.714. The van der Waals surface area contributed by atoms with Crippen LogP contribution in [0.15, 0.2) is 0 Å². The highest BCUT2D eigenvalue weighted by molar-refractivity contribution is 5.86. The van der Waals surface area contributed by atoms with Crippen LogP contribution in [0.5, 0.6) is 0 Å². The number of hydrogen-bond acceptors (Lipinski definition) is 3. The molecule has 1 saturated heterocycles. The van der Waals surface area contributed by atoms with Crippen molar-refractivity contribution in [3.63, 3.8) is 0 Å². The molecular formula is C7H12N2O3. The van der Waals surface area contributed by atoms with Gasteiger partial charge in [-0.1, -0.05) is 0 Å². The van der Waals surface area contributed by atoms with E-state index in [9.17, 15) is 9.59 Å². The molecule has 5 heteroatoms. The molecule has 0 aromatic rings. The third-order valence-electron chi connectivity index (χ3n) is 1.96. The average molecular weight is 172 g/mol. The summed E-state index contributed by atoms with van der Waals surface area (Å²) in [5, 5.41) is 8.61. The lowest BCUT2D eigenvalue weighted by molar-refractivity contribution is -0.141. The molecule has 0 spiro atoms. The van der Waals surface area contributed by atoms with Gasteiger partial charge in [-0.3, -0.25) is 9.59 Å². The first-order valence-corrected chi connectivity index (χ1v) is 3.85. The lowest BCUT2D eigenvalue weighted by Gasteiger charge is -2.13. The fourth-order valence-corrected chi connectivity index (χ4v) is 1.31. The van der Waals surface area contributed by atoms with Crippen LogP contribution in [0.2, 0.25) is 0 Å². The molecule has 12 heavy (non-hydrogen) atoms. The van der Waals surface area contributed by atoms with Crippen LogP contribution >= 0.6 is 0 Å². The third-order valence-corrected chi connectivity index (χ3v) is 1.96. The molecule has 0 unspecified atom stereocenters. The molecule has 0 aromatic carbocycles. The standard InChI is InChI=1S/C7H12N2O3/c8-1-2-9-4-5(7(11)12)3-6(9)10/h5H,1-4,8H2,(H,11,12)/t5-/m1/s1. The highest BCUT2D eigenvalue weighted by atomic mass is 16.4. The minimum absolute atomic E-state index is 0.104. The van der Waals surface area contributed by atoms with E-state index in [0.29, 0.717) is 19.6 Å². The van der Waals surface area contributed by atoms with Gasteiger partial charge in [-0.25, -0.2) is 0 Å². The van der Waals surface area contributed by atoms with Gasteiger partial charge >= 0.3 is 5.97 Å². The van der Waals surface area contributed by atoms with Crippen molar-refractivity contribution in [3.8, 4) is 0 Å². The van der Waals surface area contributed by atoms with Gasteiger partial charge in [0.2, 0.25) is 5.91 Å². The number of aliphatic carboxylic acids is 1. The van der Waals surface area contributed by atoms with E-state index < -0.39 is 11.9 Å². The fourth-order valence-electron chi connectivity index (χ4n) is 1.31. The van der Waals surface area contributed by atoms with E-state index in [1.165, 1.54) is 4.90 Å². The maximum atomic E-state index is 11.1. The Morgan fingerprint density at radius 2 is 2.42 bits per heavy atom. The van der Waals surface area contributed by atoms with Gasteiger partial charge in [-0.15, -0.1) is 0 Å². The van der Waals surface area contributed by atoms with Crippen molar-refractivity contribution in [1.29, 1.82) is 0 Å². The first kappa shape index (κ1) is 8.99. The lowest BCUT2D eigenvalue weighted by atomic mass is 10.1. The van der Waals surface area contributed by atoms with Crippen LogP contribution in [0, 0.1) is 5.92 Å². The molecule has 3 N–H and O–H groups in total. The lowest BCUT2D eigenvalue weighted by Crippen LogP contribution is -2.31. The van der Waals surface area contributed by atoms with Crippen LogP contribution in [-0.2, 0) is 9.59 Å². The summed E-state index contributed by atoms with van der Waals surface area (Å²) in [6.45, 7) is 1.16. The molecule has 0 aliphatic carbocycles. The zero-order chi connectivity index (χ0) is 9.14. The van der Waals surface area contributed by atoms with Crippen molar-refractivity contribution in [2.45, 2.75) is 6.42 Å². The second-order valence-corrected chi connectivity index (χ2v) is 2.87. The summed E-state index contributed by atoms with van der Waals surface area (Å²) >= 11 is 0. The number of hydrogen-bond donors (Lipinski definition) is 2. The van der Waals surface area contributed by atoms with Gasteiger partial charge in [0.1, 0.15) is 0 Å². The van der Waals surface area contributed by atoms with E-state index in [0.717, 1.165) is 0 Å². The Morgan fingerprint density at radius 1 is 1.75 bits per heavy atom. The van der Waals surface area contributed by atoms with Gasteiger partial charge < -0.3 is 15.7 Å². The van der Waals surface area contributed by atoms with Gasteiger partial charge in [0.25, 0.3) is 0 Å². The van der Waals surface area contributed by atoms with Gasteiger partial charge in [0, 0.05) is 26.1 Å².